The minimum Gasteiger partial charge on any atom is -0.237 e. The molecule has 0 unspecified atom stereocenters. The van der Waals surface area contributed by atoms with E-state index < -0.39 is 9.84 Å². The van der Waals surface area contributed by atoms with E-state index in [1.54, 1.807) is 6.26 Å². The third kappa shape index (κ3) is 1.16. The quantitative estimate of drug-likeness (QED) is 0.525. The van der Waals surface area contributed by atoms with Crippen molar-refractivity contribution in [2.45, 2.75) is 0 Å². The number of hydrogen-bond acceptors (Lipinski definition) is 4. The molecule has 1 aliphatic heterocycles. The predicted molar refractivity (Wildman–Crippen MR) is 39.0 cm³/mol. The van der Waals surface area contributed by atoms with Gasteiger partial charge in [-0.1, -0.05) is 11.8 Å². The summed E-state index contributed by atoms with van der Waals surface area (Å²) in [6, 6.07) is 0. The second-order valence-electron chi connectivity index (χ2n) is 1.43. The third-order valence-corrected chi connectivity index (χ3v) is 3.56. The molecule has 1 aliphatic rings. The Bertz CT molecular complexity index is 262. The number of thioether (sulfide) groups is 1. The molecular weight excluding hydrogens is 158 g/mol. The van der Waals surface area contributed by atoms with E-state index in [2.05, 4.69) is 4.99 Å². The van der Waals surface area contributed by atoms with Crippen LogP contribution >= 0.6 is 11.8 Å². The van der Waals surface area contributed by atoms with E-state index in [0.717, 1.165) is 17.2 Å². The fourth-order valence-electron chi connectivity index (χ4n) is 0.472. The highest BCUT2D eigenvalue weighted by Crippen LogP contribution is 2.14. The first kappa shape index (κ1) is 6.82. The van der Waals surface area contributed by atoms with E-state index >= 15 is 0 Å². The van der Waals surface area contributed by atoms with Crippen LogP contribution in [-0.2, 0) is 9.84 Å². The molecule has 50 valence electrons. The Kier molecular flexibility index (Phi) is 1.63. The van der Waals surface area contributed by atoms with Gasteiger partial charge in [0.2, 0.25) is 9.84 Å². The van der Waals surface area contributed by atoms with Crippen LogP contribution < -0.4 is 0 Å². The van der Waals surface area contributed by atoms with Crippen LogP contribution in [0.15, 0.2) is 16.6 Å². The van der Waals surface area contributed by atoms with Crippen LogP contribution in [0.4, 0.5) is 0 Å². The first-order valence-corrected chi connectivity index (χ1v) is 4.97. The minimum atomic E-state index is -3.10. The number of sulfone groups is 1. The summed E-state index contributed by atoms with van der Waals surface area (Å²) in [5.74, 6) is 0. The zero-order valence-corrected chi connectivity index (χ0v) is 6.37. The van der Waals surface area contributed by atoms with Crippen LogP contribution in [0.5, 0.6) is 0 Å². The van der Waals surface area contributed by atoms with Crippen LogP contribution in [0.25, 0.3) is 0 Å². The molecule has 0 aromatic rings. The average molecular weight is 163 g/mol. The van der Waals surface area contributed by atoms with Gasteiger partial charge < -0.3 is 0 Å². The van der Waals surface area contributed by atoms with Gasteiger partial charge in [0.05, 0.1) is 5.41 Å². The summed E-state index contributed by atoms with van der Waals surface area (Å²) in [7, 11) is -3.10. The predicted octanol–water partition coefficient (Wildman–Crippen LogP) is 0.605. The highest BCUT2D eigenvalue weighted by Gasteiger charge is 2.18. The van der Waals surface area contributed by atoms with Crippen molar-refractivity contribution >= 4 is 26.0 Å². The zero-order valence-electron chi connectivity index (χ0n) is 4.73. The maximum absolute atomic E-state index is 10.8. The molecule has 0 aromatic heterocycles. The molecule has 0 amide bonds. The van der Waals surface area contributed by atoms with E-state index in [1.165, 1.54) is 6.20 Å². The molecule has 0 spiro atoms. The number of nitrogens with zero attached hydrogens (tertiary/aromatic N) is 1. The monoisotopic (exact) mass is 163 g/mol. The maximum atomic E-state index is 10.8. The molecule has 5 heteroatoms. The topological polar surface area (TPSA) is 46.5 Å². The van der Waals surface area contributed by atoms with Crippen LogP contribution in [0.3, 0.4) is 0 Å². The summed E-state index contributed by atoms with van der Waals surface area (Å²) in [5, 5.41) is 1.10. The molecule has 1 heterocycles. The van der Waals surface area contributed by atoms with E-state index in [-0.39, 0.29) is 4.38 Å². The molecule has 9 heavy (non-hydrogen) atoms. The molecule has 0 fully saturated rings. The largest absolute Gasteiger partial charge is 0.237 e. The molecule has 0 bridgehead atoms. The smallest absolute Gasteiger partial charge is 0.224 e. The second kappa shape index (κ2) is 2.15. The van der Waals surface area contributed by atoms with Gasteiger partial charge in [0.1, 0.15) is 0 Å². The number of rotatable bonds is 0. The summed E-state index contributed by atoms with van der Waals surface area (Å²) in [4.78, 5) is 3.62. The summed E-state index contributed by atoms with van der Waals surface area (Å²) >= 11 is 1.14. The summed E-state index contributed by atoms with van der Waals surface area (Å²) in [6.45, 7) is 0. The van der Waals surface area contributed by atoms with Crippen molar-refractivity contribution in [1.82, 2.24) is 0 Å². The van der Waals surface area contributed by atoms with Gasteiger partial charge in [-0.15, -0.1) is 0 Å². The fraction of sp³-hybridized carbons (Fsp3) is 0.250. The van der Waals surface area contributed by atoms with Gasteiger partial charge in [-0.05, 0) is 6.26 Å². The standard InChI is InChI=1S/C4H5NO2S2/c1-8-4-5-2-3-9(4,6)7/h2-3H,1H3. The van der Waals surface area contributed by atoms with Crippen LogP contribution in [0.1, 0.15) is 0 Å². The molecular formula is C4H5NO2S2. The molecule has 0 saturated heterocycles. The van der Waals surface area contributed by atoms with Crippen molar-refractivity contribution in [2.24, 2.45) is 4.99 Å². The van der Waals surface area contributed by atoms with Crippen LogP contribution in [0.2, 0.25) is 0 Å². The molecule has 1 rings (SSSR count). The van der Waals surface area contributed by atoms with Gasteiger partial charge in [-0.25, -0.2) is 13.4 Å². The Morgan fingerprint density at radius 2 is 2.33 bits per heavy atom. The summed E-state index contributed by atoms with van der Waals surface area (Å²) in [6.07, 6.45) is 2.98. The zero-order chi connectivity index (χ0) is 6.91. The Hall–Kier alpha value is -0.290. The maximum Gasteiger partial charge on any atom is 0.224 e. The van der Waals surface area contributed by atoms with E-state index in [0.29, 0.717) is 0 Å². The minimum absolute atomic E-state index is 0.183. The highest BCUT2D eigenvalue weighted by atomic mass is 32.3. The Morgan fingerprint density at radius 3 is 2.56 bits per heavy atom. The van der Waals surface area contributed by atoms with Gasteiger partial charge in [0.15, 0.2) is 4.38 Å². The van der Waals surface area contributed by atoms with Crippen molar-refractivity contribution in [3.8, 4) is 0 Å². The number of hydrogen-bond donors (Lipinski definition) is 0. The number of aliphatic imine (C=N–C) groups is 1. The van der Waals surface area contributed by atoms with Crippen molar-refractivity contribution < 1.29 is 8.42 Å². The fourth-order valence-corrected chi connectivity index (χ4v) is 2.28. The van der Waals surface area contributed by atoms with Crippen molar-refractivity contribution in [1.29, 1.82) is 0 Å². The Balaban J connectivity index is 3.07. The Labute approximate surface area is 57.8 Å². The molecule has 0 N–H and O–H groups in total. The Morgan fingerprint density at radius 1 is 1.67 bits per heavy atom. The summed E-state index contributed by atoms with van der Waals surface area (Å²) in [5.41, 5.74) is 0. The van der Waals surface area contributed by atoms with Crippen LogP contribution in [0, 0.1) is 0 Å². The van der Waals surface area contributed by atoms with Gasteiger partial charge in [0.25, 0.3) is 0 Å². The van der Waals surface area contributed by atoms with Gasteiger partial charge >= 0.3 is 0 Å². The first-order valence-electron chi connectivity index (χ1n) is 2.20. The van der Waals surface area contributed by atoms with Gasteiger partial charge in [-0.3, -0.25) is 0 Å². The SMILES string of the molecule is CSC1=NC=CS1(=O)=O. The normalized spacial score (nSPS) is 22.1. The molecule has 0 atom stereocenters. The lowest BCUT2D eigenvalue weighted by atomic mass is 11.1. The van der Waals surface area contributed by atoms with E-state index in [9.17, 15) is 8.42 Å². The highest BCUT2D eigenvalue weighted by molar-refractivity contribution is 8.36. The molecule has 0 saturated carbocycles. The molecule has 3 nitrogen and oxygen atoms in total. The van der Waals surface area contributed by atoms with Crippen molar-refractivity contribution in [3.05, 3.63) is 11.6 Å². The third-order valence-electron chi connectivity index (χ3n) is 0.838. The van der Waals surface area contributed by atoms with Crippen molar-refractivity contribution in [2.75, 3.05) is 6.26 Å². The van der Waals surface area contributed by atoms with Gasteiger partial charge in [0, 0.05) is 6.20 Å². The summed E-state index contributed by atoms with van der Waals surface area (Å²) < 4.78 is 21.7. The average Bonchev–Trinajstić information content (AvgIpc) is 2.08. The van der Waals surface area contributed by atoms with Crippen LogP contribution in [-0.4, -0.2) is 19.0 Å². The van der Waals surface area contributed by atoms with Crippen molar-refractivity contribution in [3.63, 3.8) is 0 Å². The lowest BCUT2D eigenvalue weighted by Gasteiger charge is -1.89. The second-order valence-corrected chi connectivity index (χ2v) is 4.23. The van der Waals surface area contributed by atoms with Gasteiger partial charge in [-0.2, -0.15) is 0 Å². The first-order chi connectivity index (χ1) is 4.17. The molecule has 0 aliphatic carbocycles. The lowest BCUT2D eigenvalue weighted by Crippen LogP contribution is -2.02. The van der Waals surface area contributed by atoms with E-state index in [1.807, 2.05) is 0 Å². The lowest BCUT2D eigenvalue weighted by molar-refractivity contribution is 0.616. The molecule has 0 aromatic carbocycles. The molecule has 0 radical (unpaired) electrons. The van der Waals surface area contributed by atoms with E-state index in [4.69, 9.17) is 0 Å².